The Hall–Kier alpha value is -1.23. The first kappa shape index (κ1) is 30.8. The molecule has 1 N–H and O–H groups in total. The van der Waals surface area contributed by atoms with E-state index in [9.17, 15) is 13.0 Å². The Morgan fingerprint density at radius 2 is 1.43 bits per heavy atom. The highest BCUT2D eigenvalue weighted by Crippen LogP contribution is 2.51. The van der Waals surface area contributed by atoms with Gasteiger partial charge in [0.05, 0.1) is 37.6 Å². The van der Waals surface area contributed by atoms with Gasteiger partial charge in [0, 0.05) is 11.5 Å². The predicted octanol–water partition coefficient (Wildman–Crippen LogP) is 3.51. The Morgan fingerprint density at radius 3 is 2.02 bits per heavy atom. The SMILES string of the molecule is CC1(C)OC[C@@H]([C@@H]2[C@@H](C[C@@H]3OC(c4ccccc4)O[C@H]([C@H]4COC(C)(C)O4)[C@@H]3OS(=O)(=O)O)C[C@H]3OC(C)(C)O[C@@H]23)O1. The molecule has 13 heteroatoms. The van der Waals surface area contributed by atoms with Crippen molar-refractivity contribution in [1.29, 1.82) is 0 Å². The smallest absolute Gasteiger partial charge is 0.348 e. The summed E-state index contributed by atoms with van der Waals surface area (Å²) in [5.41, 5.74) is 0.749. The first-order chi connectivity index (χ1) is 19.6. The number of fused-ring (bicyclic) bond motifs is 1. The van der Waals surface area contributed by atoms with Gasteiger partial charge in [-0.05, 0) is 60.3 Å². The molecule has 0 bridgehead atoms. The van der Waals surface area contributed by atoms with Gasteiger partial charge < -0.3 is 37.9 Å². The third kappa shape index (κ3) is 6.57. The van der Waals surface area contributed by atoms with E-state index >= 15 is 0 Å². The fraction of sp³-hybridized carbons (Fsp3) is 0.793. The van der Waals surface area contributed by atoms with Gasteiger partial charge in [-0.3, -0.25) is 4.55 Å². The fourth-order valence-corrected chi connectivity index (χ4v) is 7.67. The predicted molar refractivity (Wildman–Crippen MR) is 145 cm³/mol. The van der Waals surface area contributed by atoms with Gasteiger partial charge in [-0.2, -0.15) is 8.42 Å². The summed E-state index contributed by atoms with van der Waals surface area (Å²) in [7, 11) is -4.89. The van der Waals surface area contributed by atoms with Crippen LogP contribution >= 0.6 is 0 Å². The van der Waals surface area contributed by atoms with E-state index in [4.69, 9.17) is 42.1 Å². The average Bonchev–Trinajstić information content (AvgIpc) is 3.59. The van der Waals surface area contributed by atoms with Gasteiger partial charge in [0.25, 0.3) is 0 Å². The summed E-state index contributed by atoms with van der Waals surface area (Å²) < 4.78 is 89.1. The largest absolute Gasteiger partial charge is 0.397 e. The van der Waals surface area contributed by atoms with E-state index in [1.807, 2.05) is 58.0 Å². The summed E-state index contributed by atoms with van der Waals surface area (Å²) in [6, 6.07) is 9.37. The molecule has 1 saturated carbocycles. The zero-order chi connectivity index (χ0) is 30.1. The van der Waals surface area contributed by atoms with Gasteiger partial charge in [0.15, 0.2) is 23.7 Å². The summed E-state index contributed by atoms with van der Waals surface area (Å²) >= 11 is 0. The molecule has 5 fully saturated rings. The lowest BCUT2D eigenvalue weighted by Crippen LogP contribution is -2.56. The summed E-state index contributed by atoms with van der Waals surface area (Å²) in [6.07, 6.45) is -4.22. The third-order valence-corrected chi connectivity index (χ3v) is 9.11. The average molecular weight is 615 g/mol. The number of benzene rings is 1. The van der Waals surface area contributed by atoms with Crippen molar-refractivity contribution in [3.8, 4) is 0 Å². The first-order valence-electron chi connectivity index (χ1n) is 14.6. The fourth-order valence-electron chi connectivity index (χ4n) is 7.16. The quantitative estimate of drug-likeness (QED) is 0.450. The number of rotatable bonds is 7. The molecule has 12 nitrogen and oxygen atoms in total. The molecule has 4 aliphatic heterocycles. The van der Waals surface area contributed by atoms with Gasteiger partial charge in [-0.25, -0.2) is 4.18 Å². The minimum atomic E-state index is -4.89. The monoisotopic (exact) mass is 614 g/mol. The van der Waals surface area contributed by atoms with Crippen molar-refractivity contribution in [3.05, 3.63) is 35.9 Å². The Labute approximate surface area is 247 Å². The standard InChI is InChI=1S/C29H42O12S/c1-27(2)33-14-20(38-27)22-17(13-19-23(22)40-29(5,6)37-19)12-18-25(41-42(30,31)32)24(21-15-34-28(3,4)39-21)36-26(35-18)16-10-8-7-9-11-16/h7-11,17-26H,12-15H2,1-6H3,(H,30,31,32)/t17-,18-,19+,20-,21+,22-,23+,24+,25+,26?/m0/s1. The van der Waals surface area contributed by atoms with Crippen LogP contribution in [-0.4, -0.2) is 86.3 Å². The lowest BCUT2D eigenvalue weighted by atomic mass is 9.83. The van der Waals surface area contributed by atoms with Crippen LogP contribution in [0.25, 0.3) is 0 Å². The van der Waals surface area contributed by atoms with Crippen molar-refractivity contribution in [3.63, 3.8) is 0 Å². The van der Waals surface area contributed by atoms with Crippen LogP contribution in [0.5, 0.6) is 0 Å². The summed E-state index contributed by atoms with van der Waals surface area (Å²) in [5.74, 6) is -2.60. The van der Waals surface area contributed by atoms with E-state index in [1.54, 1.807) is 13.8 Å². The van der Waals surface area contributed by atoms with Crippen LogP contribution in [0.4, 0.5) is 0 Å². The van der Waals surface area contributed by atoms with Gasteiger partial charge in [0.1, 0.15) is 18.3 Å². The molecule has 0 radical (unpaired) electrons. The zero-order valence-corrected chi connectivity index (χ0v) is 25.7. The molecule has 42 heavy (non-hydrogen) atoms. The van der Waals surface area contributed by atoms with Crippen LogP contribution in [0.2, 0.25) is 0 Å². The van der Waals surface area contributed by atoms with Crippen LogP contribution < -0.4 is 0 Å². The van der Waals surface area contributed by atoms with Crippen molar-refractivity contribution in [2.45, 2.75) is 121 Å². The number of hydrogen-bond donors (Lipinski definition) is 1. The van der Waals surface area contributed by atoms with E-state index in [-0.39, 0.29) is 36.8 Å². The number of ether oxygens (including phenoxy) is 8. The lowest BCUT2D eigenvalue weighted by molar-refractivity contribution is -0.307. The van der Waals surface area contributed by atoms with Crippen molar-refractivity contribution >= 4 is 10.4 Å². The van der Waals surface area contributed by atoms with Crippen LogP contribution in [0.15, 0.2) is 30.3 Å². The second kappa shape index (κ2) is 11.0. The van der Waals surface area contributed by atoms with Crippen molar-refractivity contribution in [1.82, 2.24) is 0 Å². The molecule has 1 aliphatic carbocycles. The van der Waals surface area contributed by atoms with E-state index in [0.29, 0.717) is 19.4 Å². The Morgan fingerprint density at radius 1 is 0.810 bits per heavy atom. The van der Waals surface area contributed by atoms with Crippen LogP contribution in [-0.2, 0) is 52.5 Å². The molecule has 4 heterocycles. The molecule has 4 saturated heterocycles. The third-order valence-electron chi connectivity index (χ3n) is 8.65. The molecule has 0 amide bonds. The highest BCUT2D eigenvalue weighted by Gasteiger charge is 2.59. The van der Waals surface area contributed by atoms with Crippen molar-refractivity contribution < 1.29 is 55.0 Å². The Balaban J connectivity index is 1.33. The maximum absolute atomic E-state index is 12.2. The first-order valence-corrected chi connectivity index (χ1v) is 16.0. The summed E-state index contributed by atoms with van der Waals surface area (Å²) in [6.45, 7) is 11.6. The molecular formula is C29H42O12S. The normalized spacial score (nSPS) is 42.5. The zero-order valence-electron chi connectivity index (χ0n) is 24.8. The van der Waals surface area contributed by atoms with E-state index in [1.165, 1.54) is 0 Å². The molecule has 0 spiro atoms. The summed E-state index contributed by atoms with van der Waals surface area (Å²) in [5, 5.41) is 0. The molecule has 1 aromatic carbocycles. The molecular weight excluding hydrogens is 572 g/mol. The summed E-state index contributed by atoms with van der Waals surface area (Å²) in [4.78, 5) is 0. The van der Waals surface area contributed by atoms with Crippen molar-refractivity contribution in [2.24, 2.45) is 11.8 Å². The highest BCUT2D eigenvalue weighted by atomic mass is 32.3. The maximum Gasteiger partial charge on any atom is 0.397 e. The van der Waals surface area contributed by atoms with E-state index in [0.717, 1.165) is 5.56 Å². The molecule has 236 valence electrons. The molecule has 10 atom stereocenters. The van der Waals surface area contributed by atoms with Crippen LogP contribution in [0, 0.1) is 11.8 Å². The lowest BCUT2D eigenvalue weighted by Gasteiger charge is -2.44. The molecule has 1 aromatic rings. The minimum Gasteiger partial charge on any atom is -0.348 e. The highest BCUT2D eigenvalue weighted by molar-refractivity contribution is 7.80. The minimum absolute atomic E-state index is 0.0801. The van der Waals surface area contributed by atoms with Gasteiger partial charge in [0.2, 0.25) is 0 Å². The second-order valence-electron chi connectivity index (χ2n) is 13.2. The van der Waals surface area contributed by atoms with Crippen LogP contribution in [0.3, 0.4) is 0 Å². The Bertz CT molecular complexity index is 1220. The Kier molecular flexibility index (Phi) is 8.05. The van der Waals surface area contributed by atoms with Gasteiger partial charge >= 0.3 is 10.4 Å². The molecule has 6 rings (SSSR count). The van der Waals surface area contributed by atoms with E-state index in [2.05, 4.69) is 0 Å². The van der Waals surface area contributed by atoms with Crippen LogP contribution in [0.1, 0.15) is 66.2 Å². The van der Waals surface area contributed by atoms with E-state index < -0.39 is 58.5 Å². The van der Waals surface area contributed by atoms with Gasteiger partial charge in [-0.1, -0.05) is 30.3 Å². The van der Waals surface area contributed by atoms with Gasteiger partial charge in [-0.15, -0.1) is 0 Å². The number of hydrogen-bond acceptors (Lipinski definition) is 11. The molecule has 0 aromatic heterocycles. The molecule has 5 aliphatic rings. The molecule has 1 unspecified atom stereocenters. The second-order valence-corrected chi connectivity index (χ2v) is 14.2. The topological polar surface area (TPSA) is 137 Å². The maximum atomic E-state index is 12.2. The van der Waals surface area contributed by atoms with Crippen molar-refractivity contribution in [2.75, 3.05) is 13.2 Å².